The van der Waals surface area contributed by atoms with Crippen molar-refractivity contribution in [3.05, 3.63) is 6.33 Å². The Kier molecular flexibility index (Phi) is 5.88. The van der Waals surface area contributed by atoms with Crippen molar-refractivity contribution in [2.75, 3.05) is 25.4 Å². The van der Waals surface area contributed by atoms with Gasteiger partial charge in [0.05, 0.1) is 18.1 Å². The molecule has 2 N–H and O–H groups in total. The third kappa shape index (κ3) is 3.57. The maximum absolute atomic E-state index is 6.75. The van der Waals surface area contributed by atoms with Gasteiger partial charge in [-0.25, -0.2) is 14.6 Å². The Bertz CT molecular complexity index is 871. The van der Waals surface area contributed by atoms with Gasteiger partial charge in [0.2, 0.25) is 0 Å². The van der Waals surface area contributed by atoms with E-state index in [9.17, 15) is 0 Å². The van der Waals surface area contributed by atoms with E-state index in [1.807, 2.05) is 10.9 Å². The molecular weight excluding hydrogens is 410 g/mol. The molecular formula is C18H29N5O4SSi. The van der Waals surface area contributed by atoms with Crippen LogP contribution in [0.1, 0.15) is 40.3 Å². The predicted octanol–water partition coefficient (Wildman–Crippen LogP) is 3.07. The Hall–Kier alpha value is -1.24. The van der Waals surface area contributed by atoms with Crippen LogP contribution in [0.4, 0.5) is 5.82 Å². The quantitative estimate of drug-likeness (QED) is 0.568. The van der Waals surface area contributed by atoms with Gasteiger partial charge in [-0.2, -0.15) is 5.10 Å². The molecule has 0 radical (unpaired) electrons. The number of hydrogen-bond acceptors (Lipinski definition) is 9. The lowest BCUT2D eigenvalue weighted by molar-refractivity contribution is -0.116. The molecule has 0 aromatic carbocycles. The zero-order valence-corrected chi connectivity index (χ0v) is 19.3. The number of nitrogen functional groups attached to an aromatic ring is 1. The number of hydrogen-bond donors (Lipinski definition) is 1. The van der Waals surface area contributed by atoms with E-state index in [4.69, 9.17) is 29.2 Å². The maximum atomic E-state index is 6.75. The zero-order valence-electron chi connectivity index (χ0n) is 17.5. The van der Waals surface area contributed by atoms with Crippen LogP contribution in [-0.4, -0.2) is 60.2 Å². The van der Waals surface area contributed by atoms with Gasteiger partial charge in [-0.1, -0.05) is 27.7 Å². The van der Waals surface area contributed by atoms with Gasteiger partial charge in [0.15, 0.2) is 11.9 Å². The predicted molar refractivity (Wildman–Crippen MR) is 113 cm³/mol. The van der Waals surface area contributed by atoms with E-state index in [1.54, 1.807) is 0 Å². The minimum Gasteiger partial charge on any atom is -0.388 e. The van der Waals surface area contributed by atoms with Crippen LogP contribution in [0.25, 0.3) is 11.0 Å². The fraction of sp³-hybridized carbons (Fsp3) is 0.722. The van der Waals surface area contributed by atoms with E-state index in [-0.39, 0.29) is 25.2 Å². The van der Waals surface area contributed by atoms with Crippen molar-refractivity contribution in [2.45, 2.75) is 68.7 Å². The van der Waals surface area contributed by atoms with Crippen LogP contribution in [0.3, 0.4) is 0 Å². The number of nitrogens with two attached hydrogens (primary N) is 1. The van der Waals surface area contributed by atoms with Gasteiger partial charge >= 0.3 is 8.56 Å². The number of ether oxygens (including phenoxy) is 2. The summed E-state index contributed by atoms with van der Waals surface area (Å²) in [6.45, 7) is 9.34. The van der Waals surface area contributed by atoms with E-state index < -0.39 is 8.56 Å². The largest absolute Gasteiger partial charge is 0.388 e. The average Bonchev–Trinajstić information content (AvgIpc) is 3.22. The summed E-state index contributed by atoms with van der Waals surface area (Å²) in [5.41, 5.74) is 7.36. The lowest BCUT2D eigenvalue weighted by Gasteiger charge is -2.41. The summed E-state index contributed by atoms with van der Waals surface area (Å²) in [4.78, 5) is 8.54. The highest BCUT2D eigenvalue weighted by molar-refractivity contribution is 7.98. The molecule has 2 aliphatic heterocycles. The topological polar surface area (TPSA) is 107 Å². The molecule has 4 heterocycles. The normalized spacial score (nSPS) is 27.3. The van der Waals surface area contributed by atoms with Gasteiger partial charge in [0.25, 0.3) is 0 Å². The van der Waals surface area contributed by atoms with Gasteiger partial charge in [-0.05, 0) is 17.3 Å². The molecule has 160 valence electrons. The van der Waals surface area contributed by atoms with Gasteiger partial charge in [-0.15, -0.1) is 11.8 Å². The Morgan fingerprint density at radius 1 is 1.21 bits per heavy atom. The van der Waals surface area contributed by atoms with Gasteiger partial charge < -0.3 is 24.1 Å². The van der Waals surface area contributed by atoms with Crippen LogP contribution < -0.4 is 5.73 Å². The number of nitrogens with zero attached hydrogens (tertiary/aromatic N) is 4. The Balaban J connectivity index is 1.67. The Morgan fingerprint density at radius 3 is 2.66 bits per heavy atom. The van der Waals surface area contributed by atoms with Crippen LogP contribution in [0.2, 0.25) is 11.1 Å². The minimum atomic E-state index is -2.49. The third-order valence-electron chi connectivity index (χ3n) is 5.73. The van der Waals surface area contributed by atoms with Crippen molar-refractivity contribution >= 4 is 37.2 Å². The van der Waals surface area contributed by atoms with Crippen molar-refractivity contribution < 1.29 is 18.3 Å². The van der Waals surface area contributed by atoms with Crippen molar-refractivity contribution in [2.24, 2.45) is 0 Å². The Morgan fingerprint density at radius 2 is 1.97 bits per heavy atom. The summed E-state index contributed by atoms with van der Waals surface area (Å²) in [7, 11) is -2.49. The molecule has 0 spiro atoms. The van der Waals surface area contributed by atoms with Crippen LogP contribution in [-0.2, 0) is 18.3 Å². The minimum absolute atomic E-state index is 0.118. The average molecular weight is 440 g/mol. The van der Waals surface area contributed by atoms with E-state index in [0.29, 0.717) is 35.6 Å². The van der Waals surface area contributed by atoms with E-state index in [1.165, 1.54) is 18.1 Å². The molecule has 4 rings (SSSR count). The first kappa shape index (κ1) is 21.0. The standard InChI is InChI=1S/C18H29N5O4SSi/c1-10(2)29(11(3)4)25-9-24-7-13-12(27-29)6-14(26-13)23-17-15(18(22-23)28-5)16(19)20-8-21-17/h8,10-14H,6-7,9H2,1-5H3,(H2,19,20,21)/t12-,13-,14+/m0/s1. The third-order valence-corrected chi connectivity index (χ3v) is 10.9. The van der Waals surface area contributed by atoms with Crippen molar-refractivity contribution in [3.63, 3.8) is 0 Å². The Labute approximate surface area is 175 Å². The van der Waals surface area contributed by atoms with Gasteiger partial charge in [0.1, 0.15) is 30.1 Å². The zero-order chi connectivity index (χ0) is 20.8. The van der Waals surface area contributed by atoms with E-state index in [2.05, 4.69) is 37.7 Å². The molecule has 2 aromatic rings. The van der Waals surface area contributed by atoms with E-state index in [0.717, 1.165) is 10.4 Å². The number of thioether (sulfide) groups is 1. The second-order valence-corrected chi connectivity index (χ2v) is 13.2. The summed E-state index contributed by atoms with van der Waals surface area (Å²) >= 11 is 1.52. The van der Waals surface area contributed by atoms with Gasteiger partial charge in [-0.3, -0.25) is 0 Å². The molecule has 2 fully saturated rings. The molecule has 0 bridgehead atoms. The fourth-order valence-electron chi connectivity index (χ4n) is 4.27. The van der Waals surface area contributed by atoms with Gasteiger partial charge in [0, 0.05) is 6.42 Å². The number of rotatable bonds is 4. The molecule has 3 atom stereocenters. The summed E-state index contributed by atoms with van der Waals surface area (Å²) in [5, 5.41) is 6.27. The molecule has 0 amide bonds. The molecule has 2 saturated heterocycles. The maximum Gasteiger partial charge on any atom is 0.345 e. The second-order valence-electron chi connectivity index (χ2n) is 8.10. The smallest absolute Gasteiger partial charge is 0.345 e. The molecule has 0 aliphatic carbocycles. The van der Waals surface area contributed by atoms with E-state index >= 15 is 0 Å². The monoisotopic (exact) mass is 439 g/mol. The molecule has 29 heavy (non-hydrogen) atoms. The highest BCUT2D eigenvalue weighted by atomic mass is 32.2. The molecule has 0 saturated carbocycles. The number of anilines is 1. The van der Waals surface area contributed by atoms with Crippen molar-refractivity contribution in [1.82, 2.24) is 19.7 Å². The summed E-state index contributed by atoms with van der Waals surface area (Å²) in [6, 6.07) is 0. The first-order valence-corrected chi connectivity index (χ1v) is 13.1. The summed E-state index contributed by atoms with van der Waals surface area (Å²) < 4.78 is 26.9. The van der Waals surface area contributed by atoms with Crippen LogP contribution in [0.5, 0.6) is 0 Å². The summed E-state index contributed by atoms with van der Waals surface area (Å²) in [5.74, 6) is 0.425. The van der Waals surface area contributed by atoms with Crippen molar-refractivity contribution in [1.29, 1.82) is 0 Å². The molecule has 2 aliphatic rings. The SMILES string of the molecule is CSc1nn([C@H]2C[C@@H]3O[Si](C(C)C)(C(C)C)OCOC[C@@H]3O2)c2ncnc(N)c12. The first-order chi connectivity index (χ1) is 13.9. The highest BCUT2D eigenvalue weighted by Gasteiger charge is 2.51. The number of aromatic nitrogens is 4. The summed E-state index contributed by atoms with van der Waals surface area (Å²) in [6.07, 6.45) is 3.47. The van der Waals surface area contributed by atoms with Crippen LogP contribution >= 0.6 is 11.8 Å². The lowest BCUT2D eigenvalue weighted by Crippen LogP contribution is -2.54. The van der Waals surface area contributed by atoms with Crippen molar-refractivity contribution in [3.8, 4) is 0 Å². The molecule has 2 aromatic heterocycles. The molecule has 9 nitrogen and oxygen atoms in total. The molecule has 0 unspecified atom stereocenters. The highest BCUT2D eigenvalue weighted by Crippen LogP contribution is 2.42. The lowest BCUT2D eigenvalue weighted by atomic mass is 10.2. The fourth-order valence-corrected chi connectivity index (χ4v) is 8.44. The van der Waals surface area contributed by atoms with Crippen LogP contribution in [0, 0.1) is 0 Å². The first-order valence-electron chi connectivity index (χ1n) is 9.95. The molecule has 11 heteroatoms. The second kappa shape index (κ2) is 8.12. The van der Waals surface area contributed by atoms with Crippen LogP contribution in [0.15, 0.2) is 11.4 Å². The number of fused-ring (bicyclic) bond motifs is 2.